The quantitative estimate of drug-likeness (QED) is 0.622. The van der Waals surface area contributed by atoms with Gasteiger partial charge in [-0.2, -0.15) is 0 Å². The van der Waals surface area contributed by atoms with Crippen molar-refractivity contribution in [3.05, 3.63) is 12.2 Å². The van der Waals surface area contributed by atoms with E-state index in [9.17, 15) is 4.39 Å². The van der Waals surface area contributed by atoms with Gasteiger partial charge < -0.3 is 10.4 Å². The van der Waals surface area contributed by atoms with E-state index in [-0.39, 0.29) is 0 Å². The SMILES string of the molecule is OC(CF)CNC1CC=CCC1. The first-order valence-corrected chi connectivity index (χ1v) is 4.45. The first-order valence-electron chi connectivity index (χ1n) is 4.45. The first-order chi connectivity index (χ1) is 5.83. The Morgan fingerprint density at radius 3 is 3.00 bits per heavy atom. The highest BCUT2D eigenvalue weighted by molar-refractivity contribution is 4.93. The zero-order valence-corrected chi connectivity index (χ0v) is 7.17. The Morgan fingerprint density at radius 2 is 2.42 bits per heavy atom. The maximum absolute atomic E-state index is 11.8. The number of rotatable bonds is 4. The van der Waals surface area contributed by atoms with Gasteiger partial charge in [-0.25, -0.2) is 4.39 Å². The molecule has 0 fully saturated rings. The third-order valence-corrected chi connectivity index (χ3v) is 2.09. The summed E-state index contributed by atoms with van der Waals surface area (Å²) in [6.07, 6.45) is 6.63. The van der Waals surface area contributed by atoms with Crippen LogP contribution in [0.2, 0.25) is 0 Å². The van der Waals surface area contributed by atoms with Crippen molar-refractivity contribution in [3.63, 3.8) is 0 Å². The Balaban J connectivity index is 2.10. The molecule has 0 saturated heterocycles. The molecule has 2 atom stereocenters. The van der Waals surface area contributed by atoms with Crippen molar-refractivity contribution in [2.24, 2.45) is 0 Å². The van der Waals surface area contributed by atoms with Crippen molar-refractivity contribution < 1.29 is 9.50 Å². The van der Waals surface area contributed by atoms with Crippen molar-refractivity contribution >= 4 is 0 Å². The van der Waals surface area contributed by atoms with Gasteiger partial charge in [0.15, 0.2) is 0 Å². The zero-order chi connectivity index (χ0) is 8.81. The monoisotopic (exact) mass is 173 g/mol. The van der Waals surface area contributed by atoms with Crippen LogP contribution in [0.3, 0.4) is 0 Å². The lowest BCUT2D eigenvalue weighted by atomic mass is 10.0. The highest BCUT2D eigenvalue weighted by Crippen LogP contribution is 2.10. The fourth-order valence-corrected chi connectivity index (χ4v) is 1.34. The van der Waals surface area contributed by atoms with E-state index in [2.05, 4.69) is 17.5 Å². The Bertz CT molecular complexity index is 149. The molecule has 0 aliphatic heterocycles. The molecule has 0 aromatic rings. The van der Waals surface area contributed by atoms with Crippen LogP contribution in [0.1, 0.15) is 19.3 Å². The minimum atomic E-state index is -0.837. The number of alkyl halides is 1. The van der Waals surface area contributed by atoms with Gasteiger partial charge in [-0.05, 0) is 19.3 Å². The second-order valence-corrected chi connectivity index (χ2v) is 3.20. The van der Waals surface area contributed by atoms with E-state index in [1.54, 1.807) is 0 Å². The number of aliphatic hydroxyl groups excluding tert-OH is 1. The summed E-state index contributed by atoms with van der Waals surface area (Å²) in [5.74, 6) is 0. The van der Waals surface area contributed by atoms with Gasteiger partial charge in [-0.15, -0.1) is 0 Å². The number of aliphatic hydroxyl groups is 1. The Labute approximate surface area is 72.5 Å². The second-order valence-electron chi connectivity index (χ2n) is 3.20. The molecule has 0 aromatic heterocycles. The lowest BCUT2D eigenvalue weighted by molar-refractivity contribution is 0.133. The minimum absolute atomic E-state index is 0.370. The number of allylic oxidation sites excluding steroid dienone is 1. The van der Waals surface area contributed by atoms with E-state index in [1.165, 1.54) is 0 Å². The van der Waals surface area contributed by atoms with E-state index in [1.807, 2.05) is 0 Å². The van der Waals surface area contributed by atoms with E-state index < -0.39 is 12.8 Å². The van der Waals surface area contributed by atoms with Crippen LogP contribution < -0.4 is 5.32 Å². The first kappa shape index (κ1) is 9.68. The summed E-state index contributed by atoms with van der Waals surface area (Å²) in [6.45, 7) is -0.287. The Morgan fingerprint density at radius 1 is 1.58 bits per heavy atom. The maximum Gasteiger partial charge on any atom is 0.117 e. The third kappa shape index (κ3) is 3.32. The highest BCUT2D eigenvalue weighted by atomic mass is 19.1. The highest BCUT2D eigenvalue weighted by Gasteiger charge is 2.10. The molecular weight excluding hydrogens is 157 g/mol. The zero-order valence-electron chi connectivity index (χ0n) is 7.17. The molecule has 1 aliphatic carbocycles. The molecule has 2 N–H and O–H groups in total. The molecular formula is C9H16FNO. The van der Waals surface area contributed by atoms with E-state index in [0.717, 1.165) is 19.3 Å². The average Bonchev–Trinajstić information content (AvgIpc) is 2.16. The topological polar surface area (TPSA) is 32.3 Å². The van der Waals surface area contributed by atoms with Crippen LogP contribution in [-0.2, 0) is 0 Å². The number of hydrogen-bond acceptors (Lipinski definition) is 2. The van der Waals surface area contributed by atoms with Gasteiger partial charge in [-0.1, -0.05) is 12.2 Å². The van der Waals surface area contributed by atoms with E-state index in [4.69, 9.17) is 5.11 Å². The third-order valence-electron chi connectivity index (χ3n) is 2.09. The summed E-state index contributed by atoms with van der Waals surface area (Å²) in [5.41, 5.74) is 0. The maximum atomic E-state index is 11.8. The summed E-state index contributed by atoms with van der Waals surface area (Å²) in [4.78, 5) is 0. The van der Waals surface area contributed by atoms with Crippen LogP contribution in [0.15, 0.2) is 12.2 Å². The summed E-state index contributed by atoms with van der Waals surface area (Å²) in [5, 5.41) is 12.1. The molecule has 12 heavy (non-hydrogen) atoms. The largest absolute Gasteiger partial charge is 0.389 e. The molecule has 1 aliphatic rings. The molecule has 2 nitrogen and oxygen atoms in total. The fourth-order valence-electron chi connectivity index (χ4n) is 1.34. The van der Waals surface area contributed by atoms with Crippen molar-refractivity contribution in [1.29, 1.82) is 0 Å². The molecule has 1 rings (SSSR count). The Hall–Kier alpha value is -0.410. The summed E-state index contributed by atoms with van der Waals surface area (Å²) in [7, 11) is 0. The summed E-state index contributed by atoms with van der Waals surface area (Å²) < 4.78 is 11.8. The molecule has 70 valence electrons. The van der Waals surface area contributed by atoms with Crippen molar-refractivity contribution in [2.75, 3.05) is 13.2 Å². The smallest absolute Gasteiger partial charge is 0.117 e. The van der Waals surface area contributed by atoms with Gasteiger partial charge in [0.2, 0.25) is 0 Å². The van der Waals surface area contributed by atoms with E-state index >= 15 is 0 Å². The van der Waals surface area contributed by atoms with Crippen LogP contribution in [0.25, 0.3) is 0 Å². The lowest BCUT2D eigenvalue weighted by Crippen LogP contribution is -2.36. The molecule has 0 aromatic carbocycles. The van der Waals surface area contributed by atoms with Gasteiger partial charge in [0.1, 0.15) is 6.67 Å². The Kier molecular flexibility index (Phi) is 4.25. The van der Waals surface area contributed by atoms with Crippen LogP contribution in [0.5, 0.6) is 0 Å². The molecule has 2 unspecified atom stereocenters. The van der Waals surface area contributed by atoms with Gasteiger partial charge in [0, 0.05) is 12.6 Å². The summed E-state index contributed by atoms with van der Waals surface area (Å²) >= 11 is 0. The van der Waals surface area contributed by atoms with Crippen molar-refractivity contribution in [2.45, 2.75) is 31.4 Å². The van der Waals surface area contributed by atoms with Crippen molar-refractivity contribution in [1.82, 2.24) is 5.32 Å². The van der Waals surface area contributed by atoms with Crippen LogP contribution in [0, 0.1) is 0 Å². The normalized spacial score (nSPS) is 25.7. The second kappa shape index (κ2) is 5.27. The standard InChI is InChI=1S/C9H16FNO/c10-6-9(12)7-11-8-4-2-1-3-5-8/h1-2,8-9,11-12H,3-7H2. The molecule has 0 amide bonds. The molecule has 0 bridgehead atoms. The van der Waals surface area contributed by atoms with E-state index in [0.29, 0.717) is 12.6 Å². The number of hydrogen-bond donors (Lipinski definition) is 2. The van der Waals surface area contributed by atoms with Crippen molar-refractivity contribution in [3.8, 4) is 0 Å². The molecule has 0 saturated carbocycles. The molecule has 0 heterocycles. The average molecular weight is 173 g/mol. The number of halogens is 1. The van der Waals surface area contributed by atoms with Gasteiger partial charge in [0.25, 0.3) is 0 Å². The van der Waals surface area contributed by atoms with Crippen LogP contribution in [0.4, 0.5) is 4.39 Å². The lowest BCUT2D eigenvalue weighted by Gasteiger charge is -2.20. The van der Waals surface area contributed by atoms with Crippen LogP contribution in [-0.4, -0.2) is 30.5 Å². The molecule has 0 spiro atoms. The minimum Gasteiger partial charge on any atom is -0.389 e. The predicted octanol–water partition coefficient (Wildman–Crippen LogP) is 1.02. The predicted molar refractivity (Wildman–Crippen MR) is 46.8 cm³/mol. The fraction of sp³-hybridized carbons (Fsp3) is 0.778. The summed E-state index contributed by atoms with van der Waals surface area (Å²) in [6, 6.07) is 0.427. The number of nitrogens with one attached hydrogen (secondary N) is 1. The van der Waals surface area contributed by atoms with Gasteiger partial charge in [0.05, 0.1) is 6.10 Å². The van der Waals surface area contributed by atoms with Gasteiger partial charge in [-0.3, -0.25) is 0 Å². The van der Waals surface area contributed by atoms with Gasteiger partial charge >= 0.3 is 0 Å². The van der Waals surface area contributed by atoms with Crippen LogP contribution >= 0.6 is 0 Å². The molecule has 0 radical (unpaired) electrons. The molecule has 3 heteroatoms.